The van der Waals surface area contributed by atoms with Crippen molar-refractivity contribution in [1.82, 2.24) is 19.1 Å². The molecule has 4 atom stereocenters. The Bertz CT molecular complexity index is 1310. The summed E-state index contributed by atoms with van der Waals surface area (Å²) >= 11 is 0. The van der Waals surface area contributed by atoms with Crippen LogP contribution in [0.2, 0.25) is 0 Å². The molecule has 10 heteroatoms. The van der Waals surface area contributed by atoms with Crippen LogP contribution in [-0.4, -0.2) is 47.1 Å². The Hall–Kier alpha value is -2.85. The number of fused-ring (bicyclic) bond motifs is 1. The van der Waals surface area contributed by atoms with Crippen LogP contribution in [0.3, 0.4) is 0 Å². The van der Waals surface area contributed by atoms with E-state index in [1.165, 1.54) is 16.4 Å². The summed E-state index contributed by atoms with van der Waals surface area (Å²) in [6.45, 7) is 1.41. The normalized spacial score (nSPS) is 28.0. The van der Waals surface area contributed by atoms with Gasteiger partial charge in [0.05, 0.1) is 5.69 Å². The minimum absolute atomic E-state index is 0.0651. The van der Waals surface area contributed by atoms with Crippen LogP contribution in [-0.2, 0) is 16.6 Å². The first-order valence-corrected chi connectivity index (χ1v) is 13.5. The number of benzene rings is 2. The Balaban J connectivity index is 1.20. The number of nitrogens with zero attached hydrogens (tertiary/aromatic N) is 5. The van der Waals surface area contributed by atoms with Gasteiger partial charge in [0.2, 0.25) is 10.0 Å². The second-order valence-corrected chi connectivity index (χ2v) is 11.9. The zero-order valence-electron chi connectivity index (χ0n) is 19.2. The average molecular weight is 500 g/mol. The summed E-state index contributed by atoms with van der Waals surface area (Å²) in [5.41, 5.74) is 1.04. The summed E-state index contributed by atoms with van der Waals surface area (Å²) in [6.07, 6.45) is 5.36. The lowest BCUT2D eigenvalue weighted by atomic mass is 10.1. The number of aromatic nitrogens is 3. The summed E-state index contributed by atoms with van der Waals surface area (Å²) < 4.78 is 60.6. The van der Waals surface area contributed by atoms with Gasteiger partial charge in [-0.05, 0) is 24.5 Å². The van der Waals surface area contributed by atoms with Crippen molar-refractivity contribution < 1.29 is 17.2 Å². The fourth-order valence-corrected chi connectivity index (χ4v) is 7.91. The lowest BCUT2D eigenvalue weighted by molar-refractivity contribution is 0.397. The van der Waals surface area contributed by atoms with Gasteiger partial charge < -0.3 is 9.47 Å². The molecule has 3 heterocycles. The molecule has 1 aliphatic carbocycles. The monoisotopic (exact) mass is 499 g/mol. The SMILES string of the molecule is O=S1(=O)[C@@H](c2ccccc2)CCCCN1Cc1cc(F)c(N2C[C@@H]3C(n4cnnc4)[C@@H]3C2)cc1F. The molecule has 3 aromatic rings. The zero-order chi connectivity index (χ0) is 24.2. The molecule has 2 saturated heterocycles. The van der Waals surface area contributed by atoms with Gasteiger partial charge in [0.25, 0.3) is 0 Å². The summed E-state index contributed by atoms with van der Waals surface area (Å²) in [7, 11) is -3.72. The van der Waals surface area contributed by atoms with Crippen LogP contribution in [0.5, 0.6) is 0 Å². The van der Waals surface area contributed by atoms with Crippen LogP contribution in [0.25, 0.3) is 0 Å². The molecule has 3 fully saturated rings. The minimum Gasteiger partial charge on any atom is -0.368 e. The summed E-state index contributed by atoms with van der Waals surface area (Å²) in [4.78, 5) is 1.88. The smallest absolute Gasteiger partial charge is 0.221 e. The Morgan fingerprint density at radius 2 is 1.66 bits per heavy atom. The van der Waals surface area contributed by atoms with Gasteiger partial charge >= 0.3 is 0 Å². The second-order valence-electron chi connectivity index (χ2n) is 9.80. The van der Waals surface area contributed by atoms with Crippen molar-refractivity contribution in [2.45, 2.75) is 37.1 Å². The van der Waals surface area contributed by atoms with Gasteiger partial charge in [0.1, 0.15) is 29.5 Å². The predicted molar refractivity (Wildman–Crippen MR) is 127 cm³/mol. The Labute approximate surface area is 203 Å². The third-order valence-corrected chi connectivity index (χ3v) is 10.0. The van der Waals surface area contributed by atoms with Crippen LogP contribution >= 0.6 is 0 Å². The molecule has 7 nitrogen and oxygen atoms in total. The highest BCUT2D eigenvalue weighted by molar-refractivity contribution is 7.89. The summed E-state index contributed by atoms with van der Waals surface area (Å²) in [5.74, 6) is -0.362. The molecule has 2 aromatic carbocycles. The summed E-state index contributed by atoms with van der Waals surface area (Å²) in [5, 5.41) is 7.03. The summed E-state index contributed by atoms with van der Waals surface area (Å²) in [6, 6.07) is 11.8. The highest BCUT2D eigenvalue weighted by atomic mass is 32.2. The largest absolute Gasteiger partial charge is 0.368 e. The van der Waals surface area contributed by atoms with Gasteiger partial charge in [0, 0.05) is 55.7 Å². The first kappa shape index (κ1) is 22.6. The number of hydrogen-bond donors (Lipinski definition) is 0. The molecular weight excluding hydrogens is 472 g/mol. The Morgan fingerprint density at radius 1 is 0.943 bits per heavy atom. The molecule has 35 heavy (non-hydrogen) atoms. The van der Waals surface area contributed by atoms with E-state index < -0.39 is 26.9 Å². The van der Waals surface area contributed by atoms with Gasteiger partial charge in [-0.15, -0.1) is 10.2 Å². The van der Waals surface area contributed by atoms with E-state index >= 15 is 8.78 Å². The highest BCUT2D eigenvalue weighted by Crippen LogP contribution is 2.56. The number of sulfonamides is 1. The zero-order valence-corrected chi connectivity index (χ0v) is 20.0. The number of piperidine rings is 1. The molecule has 1 saturated carbocycles. The second kappa shape index (κ2) is 8.67. The van der Waals surface area contributed by atoms with Gasteiger partial charge in [-0.3, -0.25) is 0 Å². The van der Waals surface area contributed by atoms with E-state index in [0.717, 1.165) is 12.0 Å². The van der Waals surface area contributed by atoms with Crippen LogP contribution in [0.15, 0.2) is 55.1 Å². The molecule has 0 amide bonds. The van der Waals surface area contributed by atoms with Crippen molar-refractivity contribution in [2.75, 3.05) is 24.5 Å². The first-order chi connectivity index (χ1) is 16.9. The average Bonchev–Trinajstić information content (AvgIpc) is 3.19. The minimum atomic E-state index is -3.72. The number of hydrogen-bond acceptors (Lipinski definition) is 5. The Kier molecular flexibility index (Phi) is 5.60. The lowest BCUT2D eigenvalue weighted by Gasteiger charge is -2.26. The van der Waals surface area contributed by atoms with Crippen molar-refractivity contribution in [1.29, 1.82) is 0 Å². The van der Waals surface area contributed by atoms with Crippen molar-refractivity contribution in [3.05, 3.63) is 77.9 Å². The quantitative estimate of drug-likeness (QED) is 0.532. The van der Waals surface area contributed by atoms with Crippen LogP contribution in [0, 0.1) is 23.5 Å². The number of halogens is 2. The Morgan fingerprint density at radius 3 is 2.37 bits per heavy atom. The van der Waals surface area contributed by atoms with Gasteiger partial charge in [-0.1, -0.05) is 36.8 Å². The standard InChI is InChI=1S/C25H27F2N5O2S/c26-21-11-23(30-13-19-20(14-30)25(19)31-15-28-29-16-31)22(27)10-18(21)12-32-9-5-4-8-24(35(32,33)34)17-6-2-1-3-7-17/h1-3,6-7,10-11,15-16,19-20,24-25H,4-5,8-9,12-14H2/t19-,20+,24-,25?/m1/s1. The fourth-order valence-electron chi connectivity index (χ4n) is 5.88. The maximum atomic E-state index is 15.2. The van der Waals surface area contributed by atoms with Crippen LogP contribution in [0.4, 0.5) is 14.5 Å². The molecule has 0 spiro atoms. The highest BCUT2D eigenvalue weighted by Gasteiger charge is 2.57. The molecular formula is C25H27F2N5O2S. The molecule has 184 valence electrons. The van der Waals surface area contributed by atoms with E-state index in [1.54, 1.807) is 12.7 Å². The maximum Gasteiger partial charge on any atom is 0.221 e. The third-order valence-electron chi connectivity index (χ3n) is 7.75. The van der Waals surface area contributed by atoms with Gasteiger partial charge in [-0.2, -0.15) is 4.31 Å². The van der Waals surface area contributed by atoms with Gasteiger partial charge in [-0.25, -0.2) is 17.2 Å². The topological polar surface area (TPSA) is 71.3 Å². The third kappa shape index (κ3) is 4.02. The molecule has 0 N–H and O–H groups in total. The predicted octanol–water partition coefficient (Wildman–Crippen LogP) is 3.92. The van der Waals surface area contributed by atoms with E-state index in [0.29, 0.717) is 50.4 Å². The molecule has 0 radical (unpaired) electrons. The molecule has 2 aliphatic heterocycles. The fraction of sp³-hybridized carbons (Fsp3) is 0.440. The first-order valence-electron chi connectivity index (χ1n) is 12.0. The molecule has 0 bridgehead atoms. The molecule has 1 unspecified atom stereocenters. The van der Waals surface area contributed by atoms with Crippen LogP contribution in [0.1, 0.15) is 41.7 Å². The number of anilines is 1. The van der Waals surface area contributed by atoms with Gasteiger partial charge in [0.15, 0.2) is 0 Å². The van der Waals surface area contributed by atoms with Crippen LogP contribution < -0.4 is 4.90 Å². The number of rotatable bonds is 5. The van der Waals surface area contributed by atoms with E-state index in [4.69, 9.17) is 0 Å². The van der Waals surface area contributed by atoms with Crippen molar-refractivity contribution in [2.24, 2.45) is 11.8 Å². The van der Waals surface area contributed by atoms with Crippen molar-refractivity contribution in [3.63, 3.8) is 0 Å². The molecule has 6 rings (SSSR count). The maximum absolute atomic E-state index is 15.2. The van der Waals surface area contributed by atoms with Crippen molar-refractivity contribution in [3.8, 4) is 0 Å². The van der Waals surface area contributed by atoms with E-state index in [9.17, 15) is 8.42 Å². The van der Waals surface area contributed by atoms with E-state index in [1.807, 2.05) is 39.8 Å². The lowest BCUT2D eigenvalue weighted by Crippen LogP contribution is -2.34. The van der Waals surface area contributed by atoms with Crippen molar-refractivity contribution >= 4 is 15.7 Å². The van der Waals surface area contributed by atoms with E-state index in [-0.39, 0.29) is 17.8 Å². The molecule has 3 aliphatic rings. The molecule has 1 aromatic heterocycles. The van der Waals surface area contributed by atoms with E-state index in [2.05, 4.69) is 10.2 Å².